The molecule has 1 aromatic carbocycles. The molecule has 2 heterocycles. The molecule has 2 aliphatic heterocycles. The topological polar surface area (TPSA) is 35.6 Å². The Morgan fingerprint density at radius 3 is 2.81 bits per heavy atom. The molecular weight excluding hydrogens is 269 g/mol. The average molecular weight is 291 g/mol. The van der Waals surface area contributed by atoms with Crippen molar-refractivity contribution in [3.8, 4) is 0 Å². The Hall–Kier alpha value is -1.46. The van der Waals surface area contributed by atoms with Crippen LogP contribution in [-0.4, -0.2) is 48.4 Å². The van der Waals surface area contributed by atoms with Crippen molar-refractivity contribution in [3.05, 3.63) is 35.6 Å². The lowest BCUT2D eigenvalue weighted by Crippen LogP contribution is -2.36. The van der Waals surface area contributed by atoms with E-state index in [1.807, 2.05) is 17.9 Å². The van der Waals surface area contributed by atoms with Crippen molar-refractivity contribution in [2.24, 2.45) is 5.92 Å². The summed E-state index contributed by atoms with van der Waals surface area (Å²) >= 11 is 0. The van der Waals surface area contributed by atoms with Crippen molar-refractivity contribution in [1.29, 1.82) is 0 Å². The predicted molar refractivity (Wildman–Crippen MR) is 79.1 cm³/mol. The largest absolute Gasteiger partial charge is 0.321 e. The van der Waals surface area contributed by atoms with E-state index >= 15 is 0 Å². The van der Waals surface area contributed by atoms with Crippen LogP contribution in [0.5, 0.6) is 0 Å². The van der Waals surface area contributed by atoms with E-state index in [4.69, 9.17) is 0 Å². The molecule has 2 fully saturated rings. The molecule has 1 N–H and O–H groups in total. The highest BCUT2D eigenvalue weighted by Gasteiger charge is 2.39. The standard InChI is InChI=1S/C16H22FN3O/c1-11-16(21)20(10-12-7-8-19(2)9-12)15(18-11)13-5-3-4-6-14(13)17/h3-6,11-12,15,18H,7-10H2,1-2H3. The second-order valence-electron chi connectivity index (χ2n) is 6.22. The van der Waals surface area contributed by atoms with Crippen molar-refractivity contribution in [2.75, 3.05) is 26.7 Å². The first kappa shape index (κ1) is 14.5. The lowest BCUT2D eigenvalue weighted by molar-refractivity contribution is -0.130. The zero-order valence-electron chi connectivity index (χ0n) is 12.6. The third-order valence-corrected chi connectivity index (χ3v) is 4.52. The molecule has 1 aromatic rings. The minimum absolute atomic E-state index is 0.0674. The molecule has 2 saturated heterocycles. The summed E-state index contributed by atoms with van der Waals surface area (Å²) in [5.74, 6) is 0.281. The zero-order valence-corrected chi connectivity index (χ0v) is 12.6. The molecule has 0 saturated carbocycles. The summed E-state index contributed by atoms with van der Waals surface area (Å²) in [6.07, 6.45) is 0.748. The van der Waals surface area contributed by atoms with E-state index in [1.54, 1.807) is 12.1 Å². The molecule has 114 valence electrons. The van der Waals surface area contributed by atoms with E-state index in [9.17, 15) is 9.18 Å². The second kappa shape index (κ2) is 5.73. The molecule has 4 nitrogen and oxygen atoms in total. The van der Waals surface area contributed by atoms with Crippen LogP contribution in [0.4, 0.5) is 4.39 Å². The number of carbonyl (C=O) groups excluding carboxylic acids is 1. The fourth-order valence-electron chi connectivity index (χ4n) is 3.38. The molecule has 21 heavy (non-hydrogen) atoms. The molecule has 0 spiro atoms. The molecule has 2 aliphatic rings. The number of hydrogen-bond acceptors (Lipinski definition) is 3. The van der Waals surface area contributed by atoms with Gasteiger partial charge in [0.2, 0.25) is 5.91 Å². The zero-order chi connectivity index (χ0) is 15.0. The summed E-state index contributed by atoms with van der Waals surface area (Å²) in [7, 11) is 2.10. The molecule has 3 rings (SSSR count). The number of nitrogens with one attached hydrogen (secondary N) is 1. The SMILES string of the molecule is CC1NC(c2ccccc2F)N(CC2CCN(C)C2)C1=O. The van der Waals surface area contributed by atoms with Crippen LogP contribution in [0.1, 0.15) is 25.1 Å². The molecule has 1 amide bonds. The Morgan fingerprint density at radius 1 is 1.38 bits per heavy atom. The Balaban J connectivity index is 1.81. The van der Waals surface area contributed by atoms with Crippen LogP contribution in [0, 0.1) is 11.7 Å². The molecule has 0 bridgehead atoms. The van der Waals surface area contributed by atoms with Gasteiger partial charge < -0.3 is 9.80 Å². The molecule has 0 radical (unpaired) electrons. The van der Waals surface area contributed by atoms with Gasteiger partial charge in [-0.3, -0.25) is 10.1 Å². The minimum atomic E-state index is -0.348. The van der Waals surface area contributed by atoms with Crippen LogP contribution in [0.2, 0.25) is 0 Å². The number of benzene rings is 1. The number of hydrogen-bond donors (Lipinski definition) is 1. The monoisotopic (exact) mass is 291 g/mol. The van der Waals surface area contributed by atoms with E-state index < -0.39 is 0 Å². The molecule has 0 aromatic heterocycles. The number of rotatable bonds is 3. The van der Waals surface area contributed by atoms with E-state index in [2.05, 4.69) is 17.3 Å². The first-order chi connectivity index (χ1) is 10.1. The van der Waals surface area contributed by atoms with Crippen molar-refractivity contribution in [1.82, 2.24) is 15.1 Å². The van der Waals surface area contributed by atoms with Crippen LogP contribution < -0.4 is 5.32 Å². The number of halogens is 1. The van der Waals surface area contributed by atoms with Gasteiger partial charge in [0.15, 0.2) is 0 Å². The third-order valence-electron chi connectivity index (χ3n) is 4.52. The van der Waals surface area contributed by atoms with Crippen LogP contribution in [0.3, 0.4) is 0 Å². The minimum Gasteiger partial charge on any atom is -0.321 e. The van der Waals surface area contributed by atoms with Gasteiger partial charge in [-0.25, -0.2) is 4.39 Å². The normalized spacial score (nSPS) is 30.3. The van der Waals surface area contributed by atoms with Crippen LogP contribution in [0.25, 0.3) is 0 Å². The summed E-state index contributed by atoms with van der Waals surface area (Å²) in [6.45, 7) is 4.61. The van der Waals surface area contributed by atoms with Crippen LogP contribution >= 0.6 is 0 Å². The van der Waals surface area contributed by atoms with Gasteiger partial charge in [0.1, 0.15) is 12.0 Å². The highest BCUT2D eigenvalue weighted by Crippen LogP contribution is 2.29. The molecule has 3 unspecified atom stereocenters. The Morgan fingerprint density at radius 2 is 2.14 bits per heavy atom. The van der Waals surface area contributed by atoms with Gasteiger partial charge in [0.25, 0.3) is 0 Å². The second-order valence-corrected chi connectivity index (χ2v) is 6.22. The maximum atomic E-state index is 14.1. The maximum absolute atomic E-state index is 14.1. The lowest BCUT2D eigenvalue weighted by atomic mass is 10.1. The average Bonchev–Trinajstić information content (AvgIpc) is 2.98. The van der Waals surface area contributed by atoms with Gasteiger partial charge in [-0.15, -0.1) is 0 Å². The van der Waals surface area contributed by atoms with Gasteiger partial charge in [0, 0.05) is 18.7 Å². The number of nitrogens with zero attached hydrogens (tertiary/aromatic N) is 2. The van der Waals surface area contributed by atoms with E-state index in [1.165, 1.54) is 6.07 Å². The predicted octanol–water partition coefficient (Wildman–Crippen LogP) is 1.60. The molecular formula is C16H22FN3O. The molecule has 5 heteroatoms. The van der Waals surface area contributed by atoms with Crippen molar-refractivity contribution >= 4 is 5.91 Å². The van der Waals surface area contributed by atoms with Crippen LogP contribution in [0.15, 0.2) is 24.3 Å². The molecule has 3 atom stereocenters. The lowest BCUT2D eigenvalue weighted by Gasteiger charge is -2.27. The summed E-state index contributed by atoms with van der Waals surface area (Å²) in [5, 5.41) is 3.22. The number of likely N-dealkylation sites (tertiary alicyclic amines) is 1. The van der Waals surface area contributed by atoms with Crippen molar-refractivity contribution in [3.63, 3.8) is 0 Å². The summed E-state index contributed by atoms with van der Waals surface area (Å²) in [4.78, 5) is 16.5. The third kappa shape index (κ3) is 2.80. The fourth-order valence-corrected chi connectivity index (χ4v) is 3.38. The molecule has 0 aliphatic carbocycles. The maximum Gasteiger partial charge on any atom is 0.241 e. The van der Waals surface area contributed by atoms with Gasteiger partial charge in [-0.05, 0) is 38.9 Å². The van der Waals surface area contributed by atoms with Crippen molar-refractivity contribution in [2.45, 2.75) is 25.6 Å². The number of amides is 1. The first-order valence-electron chi connectivity index (χ1n) is 7.55. The summed E-state index contributed by atoms with van der Waals surface area (Å²) in [6, 6.07) is 6.44. The quantitative estimate of drug-likeness (QED) is 0.919. The van der Waals surface area contributed by atoms with E-state index in [0.29, 0.717) is 18.0 Å². The highest BCUT2D eigenvalue weighted by molar-refractivity contribution is 5.84. The van der Waals surface area contributed by atoms with Gasteiger partial charge in [-0.1, -0.05) is 18.2 Å². The highest BCUT2D eigenvalue weighted by atomic mass is 19.1. The van der Waals surface area contributed by atoms with Gasteiger partial charge in [0.05, 0.1) is 6.04 Å². The Labute approximate surface area is 124 Å². The Bertz CT molecular complexity index is 536. The van der Waals surface area contributed by atoms with E-state index in [0.717, 1.165) is 19.5 Å². The fraction of sp³-hybridized carbons (Fsp3) is 0.562. The van der Waals surface area contributed by atoms with Crippen molar-refractivity contribution < 1.29 is 9.18 Å². The number of carbonyl (C=O) groups is 1. The smallest absolute Gasteiger partial charge is 0.241 e. The van der Waals surface area contributed by atoms with E-state index in [-0.39, 0.29) is 23.9 Å². The Kier molecular flexibility index (Phi) is 3.95. The first-order valence-corrected chi connectivity index (χ1v) is 7.55. The van der Waals surface area contributed by atoms with Gasteiger partial charge in [-0.2, -0.15) is 0 Å². The summed E-state index contributed by atoms with van der Waals surface area (Å²) in [5.41, 5.74) is 0.557. The van der Waals surface area contributed by atoms with Gasteiger partial charge >= 0.3 is 0 Å². The van der Waals surface area contributed by atoms with Crippen LogP contribution in [-0.2, 0) is 4.79 Å². The summed E-state index contributed by atoms with van der Waals surface area (Å²) < 4.78 is 14.1.